The third-order valence-corrected chi connectivity index (χ3v) is 2.02. The third-order valence-electron chi connectivity index (χ3n) is 2.02. The van der Waals surface area contributed by atoms with E-state index in [4.69, 9.17) is 10.2 Å². The van der Waals surface area contributed by atoms with Crippen molar-refractivity contribution in [2.45, 2.75) is 13.0 Å². The molecule has 0 aromatic heterocycles. The molecule has 0 spiro atoms. The van der Waals surface area contributed by atoms with Crippen molar-refractivity contribution in [1.29, 1.82) is 0 Å². The van der Waals surface area contributed by atoms with E-state index >= 15 is 0 Å². The highest BCUT2D eigenvalue weighted by Gasteiger charge is 2.14. The van der Waals surface area contributed by atoms with Gasteiger partial charge in [-0.2, -0.15) is 0 Å². The second-order valence-electron chi connectivity index (χ2n) is 3.43. The highest BCUT2D eigenvalue weighted by Crippen LogP contribution is 2.03. The lowest BCUT2D eigenvalue weighted by atomic mass is 10.1. The number of aliphatic hydroxyl groups is 1. The number of carbonyl (C=O) groups is 2. The Morgan fingerprint density at radius 2 is 2.12 bits per heavy atom. The minimum absolute atomic E-state index is 0.303. The average molecular weight is 223 g/mol. The Hall–Kier alpha value is -1.88. The molecule has 0 saturated carbocycles. The van der Waals surface area contributed by atoms with Crippen molar-refractivity contribution in [3.63, 3.8) is 0 Å². The van der Waals surface area contributed by atoms with E-state index in [-0.39, 0.29) is 6.54 Å². The second-order valence-corrected chi connectivity index (χ2v) is 3.43. The molecule has 0 bridgehead atoms. The first kappa shape index (κ1) is 12.2. The summed E-state index contributed by atoms with van der Waals surface area (Å²) in [4.78, 5) is 21.8. The molecule has 86 valence electrons. The van der Waals surface area contributed by atoms with Crippen molar-refractivity contribution in [3.8, 4) is 0 Å². The maximum atomic E-state index is 11.5. The van der Waals surface area contributed by atoms with Crippen LogP contribution in [0.5, 0.6) is 0 Å². The van der Waals surface area contributed by atoms with Gasteiger partial charge in [-0.05, 0) is 19.1 Å². The summed E-state index contributed by atoms with van der Waals surface area (Å²) in [5, 5.41) is 19.7. The van der Waals surface area contributed by atoms with Crippen LogP contribution in [-0.2, 0) is 4.79 Å². The molecule has 0 heterocycles. The van der Waals surface area contributed by atoms with Crippen LogP contribution in [0, 0.1) is 6.92 Å². The smallest absolute Gasteiger partial charge is 0.334 e. The van der Waals surface area contributed by atoms with Gasteiger partial charge in [-0.3, -0.25) is 4.79 Å². The fourth-order valence-corrected chi connectivity index (χ4v) is 1.17. The normalized spacial score (nSPS) is 11.9. The van der Waals surface area contributed by atoms with E-state index in [1.54, 1.807) is 18.2 Å². The molecule has 0 aliphatic carbocycles. The molecule has 0 saturated heterocycles. The SMILES string of the molecule is Cc1cccc(C(=O)NCC(O)C(=O)O)c1. The summed E-state index contributed by atoms with van der Waals surface area (Å²) < 4.78 is 0. The van der Waals surface area contributed by atoms with Gasteiger partial charge in [0.25, 0.3) is 5.91 Å². The van der Waals surface area contributed by atoms with Gasteiger partial charge in [0.2, 0.25) is 0 Å². The van der Waals surface area contributed by atoms with E-state index < -0.39 is 18.0 Å². The molecule has 3 N–H and O–H groups in total. The van der Waals surface area contributed by atoms with Crippen molar-refractivity contribution >= 4 is 11.9 Å². The summed E-state index contributed by atoms with van der Waals surface area (Å²) in [6, 6.07) is 6.89. The number of benzene rings is 1. The summed E-state index contributed by atoms with van der Waals surface area (Å²) in [6.45, 7) is 1.55. The van der Waals surface area contributed by atoms with Crippen LogP contribution in [0.4, 0.5) is 0 Å². The van der Waals surface area contributed by atoms with E-state index in [9.17, 15) is 9.59 Å². The molecular weight excluding hydrogens is 210 g/mol. The van der Waals surface area contributed by atoms with Gasteiger partial charge in [-0.15, -0.1) is 0 Å². The lowest BCUT2D eigenvalue weighted by Gasteiger charge is -2.07. The molecule has 1 aromatic carbocycles. The number of hydrogen-bond donors (Lipinski definition) is 3. The fraction of sp³-hybridized carbons (Fsp3) is 0.273. The zero-order valence-corrected chi connectivity index (χ0v) is 8.80. The number of carbonyl (C=O) groups excluding carboxylic acids is 1. The van der Waals surface area contributed by atoms with Crippen molar-refractivity contribution in [1.82, 2.24) is 5.32 Å². The zero-order valence-electron chi connectivity index (χ0n) is 8.80. The minimum atomic E-state index is -1.58. The Bertz CT molecular complexity index is 403. The quantitative estimate of drug-likeness (QED) is 0.679. The van der Waals surface area contributed by atoms with Crippen LogP contribution >= 0.6 is 0 Å². The molecule has 1 amide bonds. The highest BCUT2D eigenvalue weighted by molar-refractivity contribution is 5.94. The molecule has 0 aliphatic rings. The van der Waals surface area contributed by atoms with Gasteiger partial charge in [0.1, 0.15) is 0 Å². The number of carboxylic acid groups (broad SMARTS) is 1. The van der Waals surface area contributed by atoms with Gasteiger partial charge >= 0.3 is 5.97 Å². The number of aliphatic carboxylic acids is 1. The Balaban J connectivity index is 2.56. The number of nitrogens with one attached hydrogen (secondary N) is 1. The first-order valence-corrected chi connectivity index (χ1v) is 4.76. The number of aryl methyl sites for hydroxylation is 1. The van der Waals surface area contributed by atoms with Crippen LogP contribution in [0.15, 0.2) is 24.3 Å². The summed E-state index contributed by atoms with van der Waals surface area (Å²) in [7, 11) is 0. The largest absolute Gasteiger partial charge is 0.479 e. The van der Waals surface area contributed by atoms with Crippen molar-refractivity contribution < 1.29 is 19.8 Å². The van der Waals surface area contributed by atoms with Crippen LogP contribution in [0.1, 0.15) is 15.9 Å². The van der Waals surface area contributed by atoms with Gasteiger partial charge in [0.05, 0.1) is 6.54 Å². The predicted molar refractivity (Wildman–Crippen MR) is 57.2 cm³/mol. The average Bonchev–Trinajstić information content (AvgIpc) is 2.25. The Labute approximate surface area is 92.7 Å². The molecule has 1 atom stereocenters. The Morgan fingerprint density at radius 3 is 2.69 bits per heavy atom. The van der Waals surface area contributed by atoms with Crippen molar-refractivity contribution in [2.24, 2.45) is 0 Å². The fourth-order valence-electron chi connectivity index (χ4n) is 1.17. The monoisotopic (exact) mass is 223 g/mol. The van der Waals surface area contributed by atoms with Gasteiger partial charge in [0.15, 0.2) is 6.10 Å². The summed E-state index contributed by atoms with van der Waals surface area (Å²) >= 11 is 0. The van der Waals surface area contributed by atoms with Crippen molar-refractivity contribution in [2.75, 3.05) is 6.54 Å². The van der Waals surface area contributed by atoms with Crippen LogP contribution < -0.4 is 5.32 Å². The molecule has 1 rings (SSSR count). The van der Waals surface area contributed by atoms with E-state index in [2.05, 4.69) is 5.32 Å². The number of aliphatic hydroxyl groups excluding tert-OH is 1. The van der Waals surface area contributed by atoms with Gasteiger partial charge < -0.3 is 15.5 Å². The number of rotatable bonds is 4. The molecule has 16 heavy (non-hydrogen) atoms. The van der Waals surface area contributed by atoms with Crippen LogP contribution in [-0.4, -0.2) is 34.7 Å². The molecule has 1 unspecified atom stereocenters. The van der Waals surface area contributed by atoms with Gasteiger partial charge in [-0.25, -0.2) is 4.79 Å². The maximum absolute atomic E-state index is 11.5. The maximum Gasteiger partial charge on any atom is 0.334 e. The molecule has 5 heteroatoms. The van der Waals surface area contributed by atoms with E-state index in [1.165, 1.54) is 0 Å². The lowest BCUT2D eigenvalue weighted by Crippen LogP contribution is -2.36. The van der Waals surface area contributed by atoms with E-state index in [0.29, 0.717) is 5.56 Å². The van der Waals surface area contributed by atoms with Crippen LogP contribution in [0.2, 0.25) is 0 Å². The topological polar surface area (TPSA) is 86.6 Å². The summed E-state index contributed by atoms with van der Waals surface area (Å²) in [6.07, 6.45) is -1.58. The predicted octanol–water partition coefficient (Wildman–Crippen LogP) is 0.170. The molecule has 1 aromatic rings. The Morgan fingerprint density at radius 1 is 1.44 bits per heavy atom. The Kier molecular flexibility index (Phi) is 4.02. The molecule has 0 fully saturated rings. The number of amides is 1. The van der Waals surface area contributed by atoms with Gasteiger partial charge in [-0.1, -0.05) is 17.7 Å². The van der Waals surface area contributed by atoms with E-state index in [1.807, 2.05) is 13.0 Å². The van der Waals surface area contributed by atoms with Gasteiger partial charge in [0, 0.05) is 5.56 Å². The lowest BCUT2D eigenvalue weighted by molar-refractivity contribution is -0.146. The number of hydrogen-bond acceptors (Lipinski definition) is 3. The van der Waals surface area contributed by atoms with E-state index in [0.717, 1.165) is 5.56 Å². The summed E-state index contributed by atoms with van der Waals surface area (Å²) in [5.41, 5.74) is 1.38. The summed E-state index contributed by atoms with van der Waals surface area (Å²) in [5.74, 6) is -1.76. The molecule has 0 radical (unpaired) electrons. The zero-order chi connectivity index (χ0) is 12.1. The first-order chi connectivity index (χ1) is 7.50. The first-order valence-electron chi connectivity index (χ1n) is 4.76. The van der Waals surface area contributed by atoms with Crippen LogP contribution in [0.25, 0.3) is 0 Å². The second kappa shape index (κ2) is 5.27. The standard InChI is InChI=1S/C11H13NO4/c1-7-3-2-4-8(5-7)10(14)12-6-9(13)11(15)16/h2-5,9,13H,6H2,1H3,(H,12,14)(H,15,16). The van der Waals surface area contributed by atoms with Crippen molar-refractivity contribution in [3.05, 3.63) is 35.4 Å². The number of carboxylic acids is 1. The minimum Gasteiger partial charge on any atom is -0.479 e. The molecule has 5 nitrogen and oxygen atoms in total. The molecule has 0 aliphatic heterocycles. The third kappa shape index (κ3) is 3.36. The molecular formula is C11H13NO4. The highest BCUT2D eigenvalue weighted by atomic mass is 16.4. The van der Waals surface area contributed by atoms with Crippen LogP contribution in [0.3, 0.4) is 0 Å².